The van der Waals surface area contributed by atoms with Gasteiger partial charge in [0.1, 0.15) is 0 Å². The minimum Gasteiger partial charge on any atom is -0.341 e. The zero-order valence-electron chi connectivity index (χ0n) is 11.2. The van der Waals surface area contributed by atoms with Gasteiger partial charge in [0.15, 0.2) is 0 Å². The summed E-state index contributed by atoms with van der Waals surface area (Å²) < 4.78 is 11.3. The molecule has 1 saturated heterocycles. The van der Waals surface area contributed by atoms with Crippen LogP contribution in [-0.4, -0.2) is 52.2 Å². The molecule has 104 valence electrons. The molecule has 1 aliphatic carbocycles. The van der Waals surface area contributed by atoms with E-state index in [1.54, 1.807) is 0 Å². The zero-order valence-corrected chi connectivity index (χ0v) is 12.1. The minimum atomic E-state index is -0.706. The highest BCUT2D eigenvalue weighted by molar-refractivity contribution is 7.85. The number of nitrogens with one attached hydrogen (secondary N) is 1. The standard InChI is InChI=1S/C13H24N2O2S/c1-14-13(5-3-2-4-6-13)11-12(16)15-7-9-18(17)10-8-15/h14H,2-11H2,1H3. The Balaban J connectivity index is 1.90. The van der Waals surface area contributed by atoms with Crippen LogP contribution in [0.4, 0.5) is 0 Å². The average Bonchev–Trinajstić information content (AvgIpc) is 2.40. The van der Waals surface area contributed by atoms with E-state index in [0.29, 0.717) is 31.0 Å². The molecule has 1 saturated carbocycles. The molecule has 2 rings (SSSR count). The Morgan fingerprint density at radius 2 is 1.83 bits per heavy atom. The largest absolute Gasteiger partial charge is 0.341 e. The Morgan fingerprint density at radius 3 is 2.39 bits per heavy atom. The van der Waals surface area contributed by atoms with Crippen molar-refractivity contribution in [1.82, 2.24) is 10.2 Å². The SMILES string of the molecule is CNC1(CC(=O)N2CCS(=O)CC2)CCCCC1. The van der Waals surface area contributed by atoms with Crippen LogP contribution in [0, 0.1) is 0 Å². The van der Waals surface area contributed by atoms with Crippen LogP contribution in [0.1, 0.15) is 38.5 Å². The average molecular weight is 272 g/mol. The highest BCUT2D eigenvalue weighted by Gasteiger charge is 2.34. The maximum Gasteiger partial charge on any atom is 0.224 e. The molecule has 1 heterocycles. The fraction of sp³-hybridized carbons (Fsp3) is 0.923. The number of hydrogen-bond acceptors (Lipinski definition) is 3. The van der Waals surface area contributed by atoms with Crippen LogP contribution in [0.15, 0.2) is 0 Å². The molecule has 0 atom stereocenters. The molecule has 2 aliphatic rings. The quantitative estimate of drug-likeness (QED) is 0.830. The molecule has 0 aromatic carbocycles. The highest BCUT2D eigenvalue weighted by atomic mass is 32.2. The summed E-state index contributed by atoms with van der Waals surface area (Å²) in [6, 6.07) is 0. The van der Waals surface area contributed by atoms with Crippen molar-refractivity contribution in [2.24, 2.45) is 0 Å². The monoisotopic (exact) mass is 272 g/mol. The van der Waals surface area contributed by atoms with Crippen molar-refractivity contribution < 1.29 is 9.00 Å². The van der Waals surface area contributed by atoms with E-state index in [9.17, 15) is 9.00 Å². The second kappa shape index (κ2) is 6.15. The predicted molar refractivity (Wildman–Crippen MR) is 73.9 cm³/mol. The fourth-order valence-electron chi connectivity index (χ4n) is 3.03. The van der Waals surface area contributed by atoms with Crippen molar-refractivity contribution in [3.8, 4) is 0 Å². The molecule has 5 heteroatoms. The molecule has 1 N–H and O–H groups in total. The molecular weight excluding hydrogens is 248 g/mol. The van der Waals surface area contributed by atoms with Crippen LogP contribution in [0.3, 0.4) is 0 Å². The third-order valence-electron chi connectivity index (χ3n) is 4.36. The van der Waals surface area contributed by atoms with E-state index >= 15 is 0 Å². The Morgan fingerprint density at radius 1 is 1.22 bits per heavy atom. The van der Waals surface area contributed by atoms with Crippen LogP contribution >= 0.6 is 0 Å². The van der Waals surface area contributed by atoms with E-state index in [-0.39, 0.29) is 11.4 Å². The number of amides is 1. The first-order chi connectivity index (χ1) is 8.65. The highest BCUT2D eigenvalue weighted by Crippen LogP contribution is 2.31. The molecule has 0 radical (unpaired) electrons. The van der Waals surface area contributed by atoms with Crippen LogP contribution in [0.5, 0.6) is 0 Å². The Bertz CT molecular complexity index is 317. The molecule has 4 nitrogen and oxygen atoms in total. The molecule has 1 aliphatic heterocycles. The summed E-state index contributed by atoms with van der Waals surface area (Å²) in [4.78, 5) is 14.2. The molecule has 0 aromatic rings. The van der Waals surface area contributed by atoms with Crippen molar-refractivity contribution in [2.75, 3.05) is 31.6 Å². The third kappa shape index (κ3) is 3.32. The van der Waals surface area contributed by atoms with Gasteiger partial charge in [-0.25, -0.2) is 0 Å². The Kier molecular flexibility index (Phi) is 4.78. The van der Waals surface area contributed by atoms with Crippen molar-refractivity contribution in [3.63, 3.8) is 0 Å². The van der Waals surface area contributed by atoms with Gasteiger partial charge in [0.05, 0.1) is 0 Å². The summed E-state index contributed by atoms with van der Waals surface area (Å²) in [5.41, 5.74) is 0.0198. The predicted octanol–water partition coefficient (Wildman–Crippen LogP) is 0.890. The third-order valence-corrected chi connectivity index (χ3v) is 5.64. The van der Waals surface area contributed by atoms with Crippen molar-refractivity contribution in [2.45, 2.75) is 44.1 Å². The second-order valence-corrected chi connectivity index (χ2v) is 7.19. The van der Waals surface area contributed by atoms with Crippen molar-refractivity contribution in [3.05, 3.63) is 0 Å². The first-order valence-corrected chi connectivity index (χ1v) is 8.46. The normalized spacial score (nSPS) is 25.1. The molecule has 0 spiro atoms. The first kappa shape index (κ1) is 14.0. The summed E-state index contributed by atoms with van der Waals surface area (Å²) in [5, 5.41) is 3.39. The molecule has 0 aromatic heterocycles. The van der Waals surface area contributed by atoms with E-state index < -0.39 is 10.8 Å². The van der Waals surface area contributed by atoms with Gasteiger partial charge in [-0.2, -0.15) is 0 Å². The van der Waals surface area contributed by atoms with Crippen molar-refractivity contribution >= 4 is 16.7 Å². The second-order valence-electron chi connectivity index (χ2n) is 5.50. The van der Waals surface area contributed by atoms with Gasteiger partial charge in [0.2, 0.25) is 5.91 Å². The lowest BCUT2D eigenvalue weighted by Crippen LogP contribution is -2.51. The van der Waals surface area contributed by atoms with Gasteiger partial charge in [0, 0.05) is 47.4 Å². The maximum absolute atomic E-state index is 12.3. The van der Waals surface area contributed by atoms with Crippen molar-refractivity contribution in [1.29, 1.82) is 0 Å². The molecular formula is C13H24N2O2S. The first-order valence-electron chi connectivity index (χ1n) is 6.97. The van der Waals surface area contributed by atoms with Gasteiger partial charge >= 0.3 is 0 Å². The van der Waals surface area contributed by atoms with E-state index in [2.05, 4.69) is 5.32 Å². The van der Waals surface area contributed by atoms with E-state index in [1.165, 1.54) is 19.3 Å². The summed E-state index contributed by atoms with van der Waals surface area (Å²) in [7, 11) is 1.27. The fourth-order valence-corrected chi connectivity index (χ4v) is 4.08. The summed E-state index contributed by atoms with van der Waals surface area (Å²) in [6.45, 7) is 1.34. The molecule has 0 bridgehead atoms. The summed E-state index contributed by atoms with van der Waals surface area (Å²) >= 11 is 0. The smallest absolute Gasteiger partial charge is 0.224 e. The van der Waals surface area contributed by atoms with E-state index in [4.69, 9.17) is 0 Å². The van der Waals surface area contributed by atoms with E-state index in [0.717, 1.165) is 12.8 Å². The number of hydrogen-bond donors (Lipinski definition) is 1. The van der Waals surface area contributed by atoms with Gasteiger partial charge in [-0.3, -0.25) is 9.00 Å². The number of carbonyl (C=O) groups is 1. The summed E-state index contributed by atoms with van der Waals surface area (Å²) in [5.74, 6) is 1.54. The lowest BCUT2D eigenvalue weighted by molar-refractivity contribution is -0.132. The van der Waals surface area contributed by atoms with Crippen LogP contribution in [-0.2, 0) is 15.6 Å². The van der Waals surface area contributed by atoms with Gasteiger partial charge in [-0.1, -0.05) is 19.3 Å². The van der Waals surface area contributed by atoms with Gasteiger partial charge in [-0.15, -0.1) is 0 Å². The number of carbonyl (C=O) groups excluding carboxylic acids is 1. The number of rotatable bonds is 3. The van der Waals surface area contributed by atoms with Gasteiger partial charge in [0.25, 0.3) is 0 Å². The Labute approximate surface area is 112 Å². The summed E-state index contributed by atoms with van der Waals surface area (Å²) in [6.07, 6.45) is 6.55. The molecule has 18 heavy (non-hydrogen) atoms. The maximum atomic E-state index is 12.3. The number of nitrogens with zero attached hydrogens (tertiary/aromatic N) is 1. The Hall–Kier alpha value is -0.420. The lowest BCUT2D eigenvalue weighted by Gasteiger charge is -2.38. The van der Waals surface area contributed by atoms with Gasteiger partial charge < -0.3 is 10.2 Å². The zero-order chi connectivity index (χ0) is 13.0. The van der Waals surface area contributed by atoms with Crippen LogP contribution in [0.2, 0.25) is 0 Å². The molecule has 0 unspecified atom stereocenters. The molecule has 2 fully saturated rings. The molecule has 1 amide bonds. The van der Waals surface area contributed by atoms with E-state index in [1.807, 2.05) is 11.9 Å². The van der Waals surface area contributed by atoms with Gasteiger partial charge in [-0.05, 0) is 19.9 Å². The lowest BCUT2D eigenvalue weighted by atomic mass is 9.79. The topological polar surface area (TPSA) is 49.4 Å². The van der Waals surface area contributed by atoms with Crippen LogP contribution < -0.4 is 5.32 Å². The minimum absolute atomic E-state index is 0.0198. The van der Waals surface area contributed by atoms with Crippen LogP contribution in [0.25, 0.3) is 0 Å².